The lowest BCUT2D eigenvalue weighted by atomic mass is 10.1. The third-order valence-corrected chi connectivity index (χ3v) is 3.74. The Hall–Kier alpha value is -2.12. The molecule has 3 nitrogen and oxygen atoms in total. The van der Waals surface area contributed by atoms with Crippen molar-refractivity contribution in [1.29, 1.82) is 10.7 Å². The van der Waals surface area contributed by atoms with Crippen LogP contribution in [0.1, 0.15) is 16.7 Å². The summed E-state index contributed by atoms with van der Waals surface area (Å²) in [5.74, 6) is 0.449. The molecule has 19 heavy (non-hydrogen) atoms. The molecule has 0 aromatic heterocycles. The zero-order chi connectivity index (χ0) is 13.4. The number of nitrogens with one attached hydrogen (secondary N) is 1. The van der Waals surface area contributed by atoms with Crippen LogP contribution in [-0.2, 0) is 6.54 Å². The first-order valence-electron chi connectivity index (χ1n) is 5.84. The fourth-order valence-electron chi connectivity index (χ4n) is 2.31. The molecule has 0 amide bonds. The molecule has 1 aliphatic heterocycles. The summed E-state index contributed by atoms with van der Waals surface area (Å²) in [7, 11) is 0. The smallest absolute Gasteiger partial charge is 0.133 e. The maximum absolute atomic E-state index is 9.21. The molecule has 0 spiro atoms. The molecule has 0 bridgehead atoms. The molecular formula is C15H10BrN3. The van der Waals surface area contributed by atoms with Gasteiger partial charge in [0, 0.05) is 10.0 Å². The van der Waals surface area contributed by atoms with Crippen molar-refractivity contribution in [3.8, 4) is 6.07 Å². The van der Waals surface area contributed by atoms with Crippen molar-refractivity contribution >= 4 is 27.5 Å². The predicted octanol–water partition coefficient (Wildman–Crippen LogP) is 3.67. The molecule has 1 aliphatic rings. The lowest BCUT2D eigenvalue weighted by Crippen LogP contribution is -2.24. The van der Waals surface area contributed by atoms with Crippen molar-refractivity contribution in [2.45, 2.75) is 6.54 Å². The molecule has 0 atom stereocenters. The van der Waals surface area contributed by atoms with Crippen LogP contribution in [0.15, 0.2) is 46.9 Å². The van der Waals surface area contributed by atoms with E-state index in [-0.39, 0.29) is 0 Å². The summed E-state index contributed by atoms with van der Waals surface area (Å²) in [6, 6.07) is 15.6. The van der Waals surface area contributed by atoms with E-state index < -0.39 is 0 Å². The molecule has 0 saturated carbocycles. The summed E-state index contributed by atoms with van der Waals surface area (Å²) in [5.41, 5.74) is 3.42. The third-order valence-electron chi connectivity index (χ3n) is 3.24. The fourth-order valence-corrected chi connectivity index (χ4v) is 2.66. The van der Waals surface area contributed by atoms with E-state index in [0.29, 0.717) is 17.9 Å². The van der Waals surface area contributed by atoms with Gasteiger partial charge in [0.15, 0.2) is 0 Å². The van der Waals surface area contributed by atoms with Gasteiger partial charge in [0.1, 0.15) is 11.9 Å². The van der Waals surface area contributed by atoms with Crippen LogP contribution in [0.5, 0.6) is 0 Å². The van der Waals surface area contributed by atoms with Crippen molar-refractivity contribution < 1.29 is 0 Å². The maximum Gasteiger partial charge on any atom is 0.133 e. The number of hydrogen-bond donors (Lipinski definition) is 1. The normalized spacial score (nSPS) is 13.3. The SMILES string of the molecule is N#Cc1ccc(Br)cc1N1Cc2ccccc2C1=N. The maximum atomic E-state index is 9.21. The van der Waals surface area contributed by atoms with Crippen LogP contribution in [0, 0.1) is 16.7 Å². The second-order valence-corrected chi connectivity index (χ2v) is 5.28. The highest BCUT2D eigenvalue weighted by molar-refractivity contribution is 9.10. The summed E-state index contributed by atoms with van der Waals surface area (Å²) in [6.45, 7) is 0.639. The second-order valence-electron chi connectivity index (χ2n) is 4.37. The van der Waals surface area contributed by atoms with Crippen molar-refractivity contribution in [2.24, 2.45) is 0 Å². The number of fused-ring (bicyclic) bond motifs is 1. The minimum atomic E-state index is 0.449. The molecule has 0 aliphatic carbocycles. The van der Waals surface area contributed by atoms with Crippen LogP contribution in [0.4, 0.5) is 5.69 Å². The first kappa shape index (κ1) is 11.9. The topological polar surface area (TPSA) is 50.9 Å². The molecule has 92 valence electrons. The van der Waals surface area contributed by atoms with Crippen LogP contribution in [0.3, 0.4) is 0 Å². The number of nitrogens with zero attached hydrogens (tertiary/aromatic N) is 2. The molecule has 0 saturated heterocycles. The van der Waals surface area contributed by atoms with E-state index in [1.807, 2.05) is 41.3 Å². The Labute approximate surface area is 119 Å². The van der Waals surface area contributed by atoms with Crippen molar-refractivity contribution in [1.82, 2.24) is 0 Å². The minimum Gasteiger partial charge on any atom is -0.321 e. The largest absolute Gasteiger partial charge is 0.321 e. The van der Waals surface area contributed by atoms with Gasteiger partial charge in [0.2, 0.25) is 0 Å². The summed E-state index contributed by atoms with van der Waals surface area (Å²) < 4.78 is 0.908. The van der Waals surface area contributed by atoms with Crippen LogP contribution in [-0.4, -0.2) is 5.84 Å². The summed E-state index contributed by atoms with van der Waals surface area (Å²) in [6.07, 6.45) is 0. The lowest BCUT2D eigenvalue weighted by Gasteiger charge is -2.19. The molecule has 4 heteroatoms. The van der Waals surface area contributed by atoms with Crippen LogP contribution < -0.4 is 4.90 Å². The van der Waals surface area contributed by atoms with E-state index in [1.165, 1.54) is 0 Å². The van der Waals surface area contributed by atoms with Crippen LogP contribution in [0.2, 0.25) is 0 Å². The summed E-state index contributed by atoms with van der Waals surface area (Å²) >= 11 is 3.42. The van der Waals surface area contributed by atoms with Gasteiger partial charge in [0.05, 0.1) is 17.8 Å². The number of rotatable bonds is 1. The number of amidine groups is 1. The number of nitriles is 1. The zero-order valence-electron chi connectivity index (χ0n) is 10.0. The number of hydrogen-bond acceptors (Lipinski definition) is 2. The van der Waals surface area contributed by atoms with E-state index in [4.69, 9.17) is 5.41 Å². The first-order valence-corrected chi connectivity index (χ1v) is 6.64. The second kappa shape index (κ2) is 4.52. The van der Waals surface area contributed by atoms with E-state index in [2.05, 4.69) is 22.0 Å². The van der Waals surface area contributed by atoms with Crippen molar-refractivity contribution in [2.75, 3.05) is 4.90 Å². The molecule has 0 unspecified atom stereocenters. The lowest BCUT2D eigenvalue weighted by molar-refractivity contribution is 1.04. The van der Waals surface area contributed by atoms with Gasteiger partial charge in [-0.15, -0.1) is 0 Å². The van der Waals surface area contributed by atoms with Crippen molar-refractivity contribution in [3.63, 3.8) is 0 Å². The minimum absolute atomic E-state index is 0.449. The standard InChI is InChI=1S/C15H10BrN3/c16-12-6-5-10(8-17)14(7-12)19-9-11-3-1-2-4-13(11)15(19)18/h1-7,18H,9H2. The van der Waals surface area contributed by atoms with Gasteiger partial charge in [-0.1, -0.05) is 40.2 Å². The Bertz CT molecular complexity index is 716. The molecule has 2 aromatic carbocycles. The monoisotopic (exact) mass is 311 g/mol. The Balaban J connectivity index is 2.10. The van der Waals surface area contributed by atoms with Gasteiger partial charge in [-0.25, -0.2) is 0 Å². The van der Waals surface area contributed by atoms with Gasteiger partial charge >= 0.3 is 0 Å². The number of benzene rings is 2. The third kappa shape index (κ3) is 1.92. The van der Waals surface area contributed by atoms with Crippen LogP contribution >= 0.6 is 15.9 Å². The van der Waals surface area contributed by atoms with E-state index in [0.717, 1.165) is 21.3 Å². The molecule has 0 radical (unpaired) electrons. The van der Waals surface area contributed by atoms with Gasteiger partial charge in [-0.3, -0.25) is 5.41 Å². The Morgan fingerprint density at radius 1 is 1.21 bits per heavy atom. The molecule has 2 aromatic rings. The summed E-state index contributed by atoms with van der Waals surface area (Å²) in [5, 5.41) is 17.5. The number of halogens is 1. The Morgan fingerprint density at radius 3 is 2.74 bits per heavy atom. The van der Waals surface area contributed by atoms with Gasteiger partial charge < -0.3 is 4.90 Å². The quantitative estimate of drug-likeness (QED) is 0.873. The Kier molecular flexibility index (Phi) is 2.84. The molecular weight excluding hydrogens is 302 g/mol. The number of anilines is 1. The zero-order valence-corrected chi connectivity index (χ0v) is 11.6. The van der Waals surface area contributed by atoms with Gasteiger partial charge in [0.25, 0.3) is 0 Å². The van der Waals surface area contributed by atoms with Crippen molar-refractivity contribution in [3.05, 3.63) is 63.6 Å². The Morgan fingerprint density at radius 2 is 2.00 bits per heavy atom. The van der Waals surface area contributed by atoms with Crippen LogP contribution in [0.25, 0.3) is 0 Å². The van der Waals surface area contributed by atoms with E-state index >= 15 is 0 Å². The van der Waals surface area contributed by atoms with Gasteiger partial charge in [-0.05, 0) is 23.8 Å². The van der Waals surface area contributed by atoms with E-state index in [9.17, 15) is 5.26 Å². The fraction of sp³-hybridized carbons (Fsp3) is 0.0667. The first-order chi connectivity index (χ1) is 9.20. The van der Waals surface area contributed by atoms with Gasteiger partial charge in [-0.2, -0.15) is 5.26 Å². The highest BCUT2D eigenvalue weighted by Crippen LogP contribution is 2.32. The molecule has 3 rings (SSSR count). The molecule has 1 heterocycles. The molecule has 0 fully saturated rings. The summed E-state index contributed by atoms with van der Waals surface area (Å²) in [4.78, 5) is 1.87. The predicted molar refractivity (Wildman–Crippen MR) is 78.3 cm³/mol. The average Bonchev–Trinajstić information content (AvgIpc) is 2.76. The average molecular weight is 312 g/mol. The highest BCUT2D eigenvalue weighted by Gasteiger charge is 2.26. The van der Waals surface area contributed by atoms with E-state index in [1.54, 1.807) is 6.07 Å². The highest BCUT2D eigenvalue weighted by atomic mass is 79.9. The molecule has 1 N–H and O–H groups in total.